The van der Waals surface area contributed by atoms with Gasteiger partial charge in [0.25, 0.3) is 0 Å². The summed E-state index contributed by atoms with van der Waals surface area (Å²) in [5.41, 5.74) is 0.947. The molecule has 0 radical (unpaired) electrons. The number of anilines is 1. The molecule has 6 heteroatoms. The number of hydrogen-bond donors (Lipinski definition) is 1. The van der Waals surface area contributed by atoms with Gasteiger partial charge < -0.3 is 5.11 Å². The smallest absolute Gasteiger partial charge is 0.242 e. The van der Waals surface area contributed by atoms with Gasteiger partial charge in [0.1, 0.15) is 0 Å². The minimum atomic E-state index is 0.106. The molecule has 0 saturated carbocycles. The van der Waals surface area contributed by atoms with Crippen LogP contribution >= 0.6 is 11.3 Å². The SMILES string of the molecule is CCN(C(=O)CN1CCC(CO)CC1)c1nc2ccccc2s1. The van der Waals surface area contributed by atoms with E-state index >= 15 is 0 Å². The fraction of sp³-hybridized carbons (Fsp3) is 0.529. The second-order valence-electron chi connectivity index (χ2n) is 6.00. The van der Waals surface area contributed by atoms with E-state index in [0.717, 1.165) is 41.3 Å². The fourth-order valence-corrected chi connectivity index (χ4v) is 4.04. The number of likely N-dealkylation sites (tertiary alicyclic amines) is 1. The van der Waals surface area contributed by atoms with Crippen molar-refractivity contribution in [2.45, 2.75) is 19.8 Å². The third kappa shape index (κ3) is 3.71. The maximum atomic E-state index is 12.7. The molecule has 0 spiro atoms. The summed E-state index contributed by atoms with van der Waals surface area (Å²) in [7, 11) is 0. The van der Waals surface area contributed by atoms with E-state index in [2.05, 4.69) is 9.88 Å². The molecule has 1 fully saturated rings. The fourth-order valence-electron chi connectivity index (χ4n) is 3.00. The molecular formula is C17H23N3O2S. The largest absolute Gasteiger partial charge is 0.396 e. The second kappa shape index (κ2) is 7.38. The third-order valence-corrected chi connectivity index (χ3v) is 5.51. The number of aliphatic hydroxyl groups excluding tert-OH is 1. The Kier molecular flexibility index (Phi) is 5.25. The first-order valence-electron chi connectivity index (χ1n) is 8.20. The number of likely N-dealkylation sites (N-methyl/N-ethyl adjacent to an activating group) is 1. The van der Waals surface area contributed by atoms with E-state index in [1.165, 1.54) is 0 Å². The van der Waals surface area contributed by atoms with E-state index in [1.807, 2.05) is 31.2 Å². The van der Waals surface area contributed by atoms with E-state index in [1.54, 1.807) is 16.2 Å². The molecular weight excluding hydrogens is 310 g/mol. The average Bonchev–Trinajstić information content (AvgIpc) is 2.99. The van der Waals surface area contributed by atoms with Crippen LogP contribution < -0.4 is 4.90 Å². The molecule has 0 atom stereocenters. The molecule has 2 heterocycles. The number of aliphatic hydroxyl groups is 1. The van der Waals surface area contributed by atoms with Crippen LogP contribution in [0.5, 0.6) is 0 Å². The number of aromatic nitrogens is 1. The summed E-state index contributed by atoms with van der Waals surface area (Å²) < 4.78 is 1.11. The van der Waals surface area contributed by atoms with Gasteiger partial charge in [0.05, 0.1) is 16.8 Å². The van der Waals surface area contributed by atoms with Crippen molar-refractivity contribution in [3.63, 3.8) is 0 Å². The van der Waals surface area contributed by atoms with Gasteiger partial charge in [0.2, 0.25) is 5.91 Å². The summed E-state index contributed by atoms with van der Waals surface area (Å²) in [6.07, 6.45) is 1.94. The summed E-state index contributed by atoms with van der Waals surface area (Å²) >= 11 is 1.57. The highest BCUT2D eigenvalue weighted by molar-refractivity contribution is 7.22. The molecule has 5 nitrogen and oxygen atoms in total. The van der Waals surface area contributed by atoms with E-state index in [4.69, 9.17) is 0 Å². The monoisotopic (exact) mass is 333 g/mol. The highest BCUT2D eigenvalue weighted by Gasteiger charge is 2.24. The maximum Gasteiger partial charge on any atom is 0.242 e. The number of hydrogen-bond acceptors (Lipinski definition) is 5. The van der Waals surface area contributed by atoms with Crippen molar-refractivity contribution < 1.29 is 9.90 Å². The van der Waals surface area contributed by atoms with Gasteiger partial charge in [-0.05, 0) is 50.9 Å². The van der Waals surface area contributed by atoms with Crippen molar-refractivity contribution in [3.05, 3.63) is 24.3 Å². The molecule has 124 valence electrons. The van der Waals surface area contributed by atoms with Crippen LogP contribution in [0.1, 0.15) is 19.8 Å². The quantitative estimate of drug-likeness (QED) is 0.912. The molecule has 3 rings (SSSR count). The molecule has 1 N–H and O–H groups in total. The van der Waals surface area contributed by atoms with Crippen LogP contribution in [-0.4, -0.2) is 53.7 Å². The summed E-state index contributed by atoms with van der Waals surface area (Å²) in [4.78, 5) is 21.2. The van der Waals surface area contributed by atoms with Crippen LogP contribution in [0.2, 0.25) is 0 Å². The molecule has 0 aliphatic carbocycles. The Balaban J connectivity index is 1.67. The molecule has 1 aliphatic heterocycles. The van der Waals surface area contributed by atoms with Crippen molar-refractivity contribution in [1.29, 1.82) is 0 Å². The summed E-state index contributed by atoms with van der Waals surface area (Å²) in [5.74, 6) is 0.502. The average molecular weight is 333 g/mol. The van der Waals surface area contributed by atoms with Gasteiger partial charge in [-0.15, -0.1) is 0 Å². The predicted octanol–water partition coefficient (Wildman–Crippen LogP) is 2.35. The van der Waals surface area contributed by atoms with Crippen LogP contribution in [-0.2, 0) is 4.79 Å². The Morgan fingerprint density at radius 1 is 1.39 bits per heavy atom. The number of nitrogens with zero attached hydrogens (tertiary/aromatic N) is 3. The second-order valence-corrected chi connectivity index (χ2v) is 7.01. The van der Waals surface area contributed by atoms with E-state index in [0.29, 0.717) is 19.0 Å². The number of para-hydroxylation sites is 1. The molecule has 1 aromatic heterocycles. The minimum Gasteiger partial charge on any atom is -0.396 e. The van der Waals surface area contributed by atoms with Crippen LogP contribution in [0.15, 0.2) is 24.3 Å². The van der Waals surface area contributed by atoms with Crippen molar-refractivity contribution in [2.75, 3.05) is 37.7 Å². The molecule has 1 aliphatic rings. The van der Waals surface area contributed by atoms with Gasteiger partial charge in [0.15, 0.2) is 5.13 Å². The molecule has 23 heavy (non-hydrogen) atoms. The van der Waals surface area contributed by atoms with Gasteiger partial charge in [-0.1, -0.05) is 23.5 Å². The Labute approximate surface area is 140 Å². The first kappa shape index (κ1) is 16.4. The standard InChI is InChI=1S/C17H23N3O2S/c1-2-20(17-18-14-5-3-4-6-15(14)23-17)16(22)11-19-9-7-13(12-21)8-10-19/h3-6,13,21H,2,7-12H2,1H3. The minimum absolute atomic E-state index is 0.106. The zero-order chi connectivity index (χ0) is 16.2. The van der Waals surface area contributed by atoms with Crippen LogP contribution in [0.4, 0.5) is 5.13 Å². The molecule has 2 aromatic rings. The molecule has 1 aromatic carbocycles. The highest BCUT2D eigenvalue weighted by Crippen LogP contribution is 2.28. The van der Waals surface area contributed by atoms with E-state index in [-0.39, 0.29) is 12.5 Å². The first-order valence-corrected chi connectivity index (χ1v) is 9.02. The number of benzene rings is 1. The van der Waals surface area contributed by atoms with Crippen LogP contribution in [0, 0.1) is 5.92 Å². The zero-order valence-corrected chi connectivity index (χ0v) is 14.3. The van der Waals surface area contributed by atoms with Crippen molar-refractivity contribution in [2.24, 2.45) is 5.92 Å². The van der Waals surface area contributed by atoms with E-state index < -0.39 is 0 Å². The van der Waals surface area contributed by atoms with Gasteiger partial charge in [-0.25, -0.2) is 4.98 Å². The molecule has 1 saturated heterocycles. The van der Waals surface area contributed by atoms with Crippen molar-refractivity contribution >= 4 is 32.6 Å². The number of thiazole rings is 1. The number of carbonyl (C=O) groups excluding carboxylic acids is 1. The Morgan fingerprint density at radius 2 is 2.13 bits per heavy atom. The lowest BCUT2D eigenvalue weighted by atomic mass is 9.98. The Hall–Kier alpha value is -1.50. The van der Waals surface area contributed by atoms with Gasteiger partial charge in [-0.2, -0.15) is 0 Å². The summed E-state index contributed by atoms with van der Waals surface area (Å²) in [6, 6.07) is 7.98. The van der Waals surface area contributed by atoms with Crippen molar-refractivity contribution in [3.8, 4) is 0 Å². The lowest BCUT2D eigenvalue weighted by molar-refractivity contribution is -0.120. The van der Waals surface area contributed by atoms with Crippen LogP contribution in [0.3, 0.4) is 0 Å². The maximum absolute atomic E-state index is 12.7. The normalized spacial score (nSPS) is 16.8. The Morgan fingerprint density at radius 3 is 2.78 bits per heavy atom. The van der Waals surface area contributed by atoms with Gasteiger partial charge >= 0.3 is 0 Å². The van der Waals surface area contributed by atoms with E-state index in [9.17, 15) is 9.90 Å². The molecule has 0 unspecified atom stereocenters. The zero-order valence-electron chi connectivity index (χ0n) is 13.4. The van der Waals surface area contributed by atoms with Crippen LogP contribution in [0.25, 0.3) is 10.2 Å². The highest BCUT2D eigenvalue weighted by atomic mass is 32.1. The number of carbonyl (C=O) groups is 1. The molecule has 0 bridgehead atoms. The number of rotatable bonds is 5. The lowest BCUT2D eigenvalue weighted by Crippen LogP contribution is -2.43. The predicted molar refractivity (Wildman–Crippen MR) is 93.9 cm³/mol. The topological polar surface area (TPSA) is 56.7 Å². The van der Waals surface area contributed by atoms with Gasteiger partial charge in [-0.3, -0.25) is 14.6 Å². The third-order valence-electron chi connectivity index (χ3n) is 4.45. The van der Waals surface area contributed by atoms with Crippen molar-refractivity contribution in [1.82, 2.24) is 9.88 Å². The first-order chi connectivity index (χ1) is 11.2. The van der Waals surface area contributed by atoms with Gasteiger partial charge in [0, 0.05) is 13.2 Å². The number of amides is 1. The Bertz CT molecular complexity index is 632. The lowest BCUT2D eigenvalue weighted by Gasteiger charge is -2.31. The summed E-state index contributed by atoms with van der Waals surface area (Å²) in [6.45, 7) is 5.08. The number of piperidine rings is 1. The molecule has 1 amide bonds. The summed E-state index contributed by atoms with van der Waals surface area (Å²) in [5, 5.41) is 9.98. The number of fused-ring (bicyclic) bond motifs is 1.